The number of non-ortho nitro benzene ring substituents is 1. The molecule has 2 fully saturated rings. The molecule has 0 spiro atoms. The lowest BCUT2D eigenvalue weighted by Crippen LogP contribution is -2.50. The predicted octanol–water partition coefficient (Wildman–Crippen LogP) is 2.59. The minimum atomic E-state index is -0.315. The van der Waals surface area contributed by atoms with Gasteiger partial charge in [0, 0.05) is 43.0 Å². The first-order chi connectivity index (χ1) is 11.5. The van der Waals surface area contributed by atoms with Gasteiger partial charge in [-0.1, -0.05) is 6.07 Å². The Labute approximate surface area is 144 Å². The van der Waals surface area contributed by atoms with Crippen molar-refractivity contribution in [3.8, 4) is 0 Å². The Morgan fingerprint density at radius 3 is 2.25 bits per heavy atom. The number of hydrogen-bond acceptors (Lipinski definition) is 5. The second-order valence-corrected chi connectivity index (χ2v) is 7.20. The van der Waals surface area contributed by atoms with Crippen molar-refractivity contribution in [2.75, 3.05) is 45.2 Å². The Bertz CT molecular complexity index is 564. The van der Waals surface area contributed by atoms with Gasteiger partial charge in [0.15, 0.2) is 0 Å². The third kappa shape index (κ3) is 3.87. The molecule has 2 aliphatic heterocycles. The number of nitrogens with zero attached hydrogens (tertiary/aromatic N) is 4. The average Bonchev–Trinajstić information content (AvgIpc) is 2.62. The fourth-order valence-electron chi connectivity index (χ4n) is 4.03. The zero-order valence-corrected chi connectivity index (χ0v) is 14.7. The van der Waals surface area contributed by atoms with Crippen LogP contribution in [0.2, 0.25) is 0 Å². The van der Waals surface area contributed by atoms with Crippen LogP contribution in [0, 0.1) is 10.1 Å². The summed E-state index contributed by atoms with van der Waals surface area (Å²) in [7, 11) is 4.48. The van der Waals surface area contributed by atoms with Gasteiger partial charge in [0.25, 0.3) is 5.69 Å². The first-order valence-electron chi connectivity index (χ1n) is 8.94. The highest BCUT2D eigenvalue weighted by molar-refractivity contribution is 5.53. The summed E-state index contributed by atoms with van der Waals surface area (Å²) in [5.74, 6) is 0. The van der Waals surface area contributed by atoms with Crippen LogP contribution >= 0.6 is 0 Å². The van der Waals surface area contributed by atoms with Crippen LogP contribution in [0.3, 0.4) is 0 Å². The highest BCUT2D eigenvalue weighted by Crippen LogP contribution is 2.27. The SMILES string of the molecule is CN1CCC(N(C)C2CCN(c3cccc([N+](=O)[O-])c3)CC2)CC1. The molecule has 3 rings (SSSR count). The van der Waals surface area contributed by atoms with Crippen molar-refractivity contribution < 1.29 is 4.92 Å². The molecule has 0 N–H and O–H groups in total. The third-order valence-corrected chi connectivity index (χ3v) is 5.71. The van der Waals surface area contributed by atoms with Crippen molar-refractivity contribution in [3.63, 3.8) is 0 Å². The molecule has 6 nitrogen and oxygen atoms in total. The molecule has 132 valence electrons. The van der Waals surface area contributed by atoms with Crippen LogP contribution in [-0.4, -0.2) is 67.1 Å². The number of likely N-dealkylation sites (tertiary alicyclic amines) is 1. The van der Waals surface area contributed by atoms with Crippen molar-refractivity contribution in [2.45, 2.75) is 37.8 Å². The molecular weight excluding hydrogens is 304 g/mol. The van der Waals surface area contributed by atoms with Crippen molar-refractivity contribution in [3.05, 3.63) is 34.4 Å². The fourth-order valence-corrected chi connectivity index (χ4v) is 4.03. The molecule has 1 aromatic carbocycles. The lowest BCUT2D eigenvalue weighted by atomic mass is 9.97. The number of rotatable bonds is 4. The Morgan fingerprint density at radius 2 is 1.67 bits per heavy atom. The highest BCUT2D eigenvalue weighted by atomic mass is 16.6. The lowest BCUT2D eigenvalue weighted by Gasteiger charge is -2.43. The summed E-state index contributed by atoms with van der Waals surface area (Å²) in [6.07, 6.45) is 4.78. The normalized spacial score (nSPS) is 21.4. The van der Waals surface area contributed by atoms with Gasteiger partial charge in [-0.2, -0.15) is 0 Å². The van der Waals surface area contributed by atoms with Gasteiger partial charge < -0.3 is 14.7 Å². The van der Waals surface area contributed by atoms with Crippen LogP contribution in [0.5, 0.6) is 0 Å². The standard InChI is InChI=1S/C18H28N4O2/c1-19-10-6-15(7-11-19)20(2)16-8-12-21(13-9-16)17-4-3-5-18(14-17)22(23)24/h3-5,14-16H,6-13H2,1-2H3. The Kier molecular flexibility index (Phi) is 5.36. The van der Waals surface area contributed by atoms with Crippen LogP contribution in [0.1, 0.15) is 25.7 Å². The molecule has 0 unspecified atom stereocenters. The van der Waals surface area contributed by atoms with Gasteiger partial charge in [-0.05, 0) is 58.9 Å². The van der Waals surface area contributed by atoms with Crippen molar-refractivity contribution in [1.82, 2.24) is 9.80 Å². The van der Waals surface area contributed by atoms with Gasteiger partial charge in [0.2, 0.25) is 0 Å². The predicted molar refractivity (Wildman–Crippen MR) is 96.6 cm³/mol. The first-order valence-corrected chi connectivity index (χ1v) is 8.94. The first kappa shape index (κ1) is 17.2. The molecule has 1 aromatic rings. The van der Waals surface area contributed by atoms with E-state index in [1.807, 2.05) is 6.07 Å². The molecule has 0 radical (unpaired) electrons. The van der Waals surface area contributed by atoms with E-state index in [2.05, 4.69) is 28.8 Å². The summed E-state index contributed by atoms with van der Waals surface area (Å²) in [5.41, 5.74) is 1.16. The van der Waals surface area contributed by atoms with Crippen LogP contribution in [0.4, 0.5) is 11.4 Å². The molecule has 6 heteroatoms. The van der Waals surface area contributed by atoms with Gasteiger partial charge in [0.1, 0.15) is 0 Å². The third-order valence-electron chi connectivity index (χ3n) is 5.71. The van der Waals surface area contributed by atoms with E-state index in [0.29, 0.717) is 12.1 Å². The molecule has 24 heavy (non-hydrogen) atoms. The summed E-state index contributed by atoms with van der Waals surface area (Å²) >= 11 is 0. The van der Waals surface area contributed by atoms with E-state index >= 15 is 0 Å². The second kappa shape index (κ2) is 7.49. The number of hydrogen-bond donors (Lipinski definition) is 0. The Morgan fingerprint density at radius 1 is 1.08 bits per heavy atom. The number of nitro groups is 1. The summed E-state index contributed by atoms with van der Waals surface area (Å²) in [5, 5.41) is 11.0. The smallest absolute Gasteiger partial charge is 0.271 e. The monoisotopic (exact) mass is 332 g/mol. The van der Waals surface area contributed by atoms with Crippen molar-refractivity contribution in [2.24, 2.45) is 0 Å². The van der Waals surface area contributed by atoms with Gasteiger partial charge in [0.05, 0.1) is 4.92 Å². The molecule has 0 aromatic heterocycles. The number of piperidine rings is 2. The Hall–Kier alpha value is -1.66. The van der Waals surface area contributed by atoms with E-state index in [1.165, 1.54) is 25.9 Å². The van der Waals surface area contributed by atoms with E-state index in [4.69, 9.17) is 0 Å². The number of nitro benzene ring substituents is 1. The Balaban J connectivity index is 1.55. The maximum Gasteiger partial charge on any atom is 0.271 e. The van der Waals surface area contributed by atoms with Crippen molar-refractivity contribution >= 4 is 11.4 Å². The quantitative estimate of drug-likeness (QED) is 0.626. The van der Waals surface area contributed by atoms with Crippen LogP contribution in [0.25, 0.3) is 0 Å². The van der Waals surface area contributed by atoms with Crippen LogP contribution in [-0.2, 0) is 0 Å². The molecule has 0 atom stereocenters. The molecule has 0 bridgehead atoms. The maximum atomic E-state index is 11.0. The summed E-state index contributed by atoms with van der Waals surface area (Å²) in [4.78, 5) is 17.9. The maximum absolute atomic E-state index is 11.0. The van der Waals surface area contributed by atoms with E-state index in [-0.39, 0.29) is 10.6 Å². The molecule has 2 saturated heterocycles. The summed E-state index contributed by atoms with van der Waals surface area (Å²) in [6.45, 7) is 4.34. The minimum absolute atomic E-state index is 0.179. The van der Waals surface area contributed by atoms with E-state index < -0.39 is 0 Å². The molecular formula is C18H28N4O2. The molecule has 0 saturated carbocycles. The van der Waals surface area contributed by atoms with E-state index in [1.54, 1.807) is 18.2 Å². The molecule has 2 aliphatic rings. The van der Waals surface area contributed by atoms with E-state index in [0.717, 1.165) is 31.6 Å². The zero-order chi connectivity index (χ0) is 17.1. The molecule has 2 heterocycles. The van der Waals surface area contributed by atoms with Gasteiger partial charge >= 0.3 is 0 Å². The summed E-state index contributed by atoms with van der Waals surface area (Å²) in [6, 6.07) is 8.35. The number of anilines is 1. The molecule has 0 aliphatic carbocycles. The zero-order valence-electron chi connectivity index (χ0n) is 14.7. The van der Waals surface area contributed by atoms with Crippen molar-refractivity contribution in [1.29, 1.82) is 0 Å². The topological polar surface area (TPSA) is 52.9 Å². The minimum Gasteiger partial charge on any atom is -0.371 e. The highest BCUT2D eigenvalue weighted by Gasteiger charge is 2.29. The van der Waals surface area contributed by atoms with Gasteiger partial charge in [-0.15, -0.1) is 0 Å². The van der Waals surface area contributed by atoms with E-state index in [9.17, 15) is 10.1 Å². The lowest BCUT2D eigenvalue weighted by molar-refractivity contribution is -0.384. The fraction of sp³-hybridized carbons (Fsp3) is 0.667. The average molecular weight is 332 g/mol. The summed E-state index contributed by atoms with van der Waals surface area (Å²) < 4.78 is 0. The van der Waals surface area contributed by atoms with Crippen LogP contribution in [0.15, 0.2) is 24.3 Å². The van der Waals surface area contributed by atoms with Gasteiger partial charge in [-0.25, -0.2) is 0 Å². The van der Waals surface area contributed by atoms with Gasteiger partial charge in [-0.3, -0.25) is 10.1 Å². The second-order valence-electron chi connectivity index (χ2n) is 7.20. The largest absolute Gasteiger partial charge is 0.371 e. The van der Waals surface area contributed by atoms with Crippen LogP contribution < -0.4 is 4.90 Å². The number of benzene rings is 1. The molecule has 0 amide bonds.